The third-order valence-corrected chi connectivity index (χ3v) is 7.31. The summed E-state index contributed by atoms with van der Waals surface area (Å²) in [5, 5.41) is 9.60. The van der Waals surface area contributed by atoms with E-state index < -0.39 is 19.8 Å². The van der Waals surface area contributed by atoms with Gasteiger partial charge in [0, 0.05) is 22.9 Å². The average molecular weight is 525 g/mol. The molecule has 1 aliphatic rings. The van der Waals surface area contributed by atoms with Crippen LogP contribution in [0.25, 0.3) is 0 Å². The van der Waals surface area contributed by atoms with Crippen LogP contribution in [0.4, 0.5) is 10.5 Å². The zero-order valence-corrected chi connectivity index (χ0v) is 21.3. The first-order valence-electron chi connectivity index (χ1n) is 11.8. The summed E-state index contributed by atoms with van der Waals surface area (Å²) in [6.07, 6.45) is -0.108. The van der Waals surface area contributed by atoms with Crippen LogP contribution in [-0.2, 0) is 38.0 Å². The van der Waals surface area contributed by atoms with Gasteiger partial charge in [0.15, 0.2) is 0 Å². The molecule has 0 aliphatic heterocycles. The smallest absolute Gasteiger partial charge is 0.465 e. The van der Waals surface area contributed by atoms with E-state index in [2.05, 4.69) is 0 Å². The Morgan fingerprint density at radius 1 is 0.892 bits per heavy atom. The summed E-state index contributed by atoms with van der Waals surface area (Å²) in [5.41, 5.74) is 9.00. The molecule has 0 bridgehead atoms. The Morgan fingerprint density at radius 3 is 1.89 bits per heavy atom. The molecule has 194 valence electrons. The molecule has 0 unspecified atom stereocenters. The molecule has 10 heteroatoms. The van der Waals surface area contributed by atoms with Gasteiger partial charge in [-0.1, -0.05) is 66.7 Å². The van der Waals surface area contributed by atoms with Gasteiger partial charge >= 0.3 is 13.9 Å². The predicted molar refractivity (Wildman–Crippen MR) is 138 cm³/mol. The number of hydrogen-bond acceptors (Lipinski definition) is 7. The van der Waals surface area contributed by atoms with Gasteiger partial charge in [-0.25, -0.2) is 14.3 Å². The van der Waals surface area contributed by atoms with Crippen molar-refractivity contribution >= 4 is 25.5 Å². The number of aryl methyl sites for hydroxylation is 1. The van der Waals surface area contributed by atoms with Crippen LogP contribution in [0.2, 0.25) is 0 Å². The summed E-state index contributed by atoms with van der Waals surface area (Å²) in [4.78, 5) is 25.8. The quantitative estimate of drug-likeness (QED) is 0.234. The zero-order chi connectivity index (χ0) is 26.4. The molecule has 3 N–H and O–H groups in total. The number of rotatable bonds is 11. The van der Waals surface area contributed by atoms with E-state index in [1.54, 1.807) is 13.0 Å². The van der Waals surface area contributed by atoms with Crippen LogP contribution >= 0.6 is 7.82 Å². The fraction of sp³-hybridized carbons (Fsp3) is 0.259. The van der Waals surface area contributed by atoms with Gasteiger partial charge in [0.1, 0.15) is 0 Å². The normalized spacial score (nSPS) is 13.3. The largest absolute Gasteiger partial charge is 0.475 e. The molecule has 3 aromatic carbocycles. The Labute approximate surface area is 215 Å². The number of carboxylic acid groups (broad SMARTS) is 1. The van der Waals surface area contributed by atoms with E-state index in [4.69, 9.17) is 19.3 Å². The van der Waals surface area contributed by atoms with E-state index in [-0.39, 0.29) is 42.7 Å². The molecule has 9 nitrogen and oxygen atoms in total. The number of imide groups is 1. The molecule has 4 rings (SSSR count). The Balaban J connectivity index is 1.58. The van der Waals surface area contributed by atoms with Gasteiger partial charge in [0.05, 0.1) is 19.8 Å². The molecule has 37 heavy (non-hydrogen) atoms. The summed E-state index contributed by atoms with van der Waals surface area (Å²) in [6.45, 7) is 1.31. The van der Waals surface area contributed by atoms with Crippen molar-refractivity contribution in [2.75, 3.05) is 5.73 Å². The number of benzene rings is 3. The van der Waals surface area contributed by atoms with Crippen molar-refractivity contribution in [2.45, 2.75) is 45.6 Å². The molecule has 0 atom stereocenters. The van der Waals surface area contributed by atoms with Crippen molar-refractivity contribution in [3.05, 3.63) is 101 Å². The van der Waals surface area contributed by atoms with E-state index in [9.17, 15) is 19.3 Å². The minimum absolute atomic E-state index is 0.0313. The molecule has 2 amide bonds. The van der Waals surface area contributed by atoms with Gasteiger partial charge in [0.25, 0.3) is 5.91 Å². The third kappa shape index (κ3) is 6.84. The third-order valence-electron chi connectivity index (χ3n) is 5.97. The fourth-order valence-electron chi connectivity index (χ4n) is 3.72. The van der Waals surface area contributed by atoms with Gasteiger partial charge in [-0.2, -0.15) is 0 Å². The Kier molecular flexibility index (Phi) is 8.41. The van der Waals surface area contributed by atoms with Gasteiger partial charge in [-0.05, 0) is 42.5 Å². The highest BCUT2D eigenvalue weighted by Crippen LogP contribution is 2.52. The topological polar surface area (TPSA) is 128 Å². The standard InChI is InChI=1S/C27H29N2O7P/c1-19-12-15-23(26(30)29(27(31)32)22-13-14-22)24(25(19)28)18-36-37(33,34-16-20-8-4-2-5-9-20)35-17-21-10-6-3-7-11-21/h2-12,15,22H,13-14,16-18,28H2,1H3,(H,31,32). The number of nitrogens with zero attached hydrogens (tertiary/aromatic N) is 1. The van der Waals surface area contributed by atoms with Crippen LogP contribution in [0.15, 0.2) is 72.8 Å². The van der Waals surface area contributed by atoms with Crippen molar-refractivity contribution in [1.82, 2.24) is 4.90 Å². The number of nitrogen functional groups attached to an aromatic ring is 1. The van der Waals surface area contributed by atoms with Crippen molar-refractivity contribution < 1.29 is 32.8 Å². The molecule has 0 heterocycles. The molecule has 0 radical (unpaired) electrons. The number of carbonyl (C=O) groups is 2. The molecule has 1 saturated carbocycles. The molecular formula is C27H29N2O7P. The SMILES string of the molecule is Cc1ccc(C(=O)N(C(=O)O)C2CC2)c(COP(=O)(OCc2ccccc2)OCc2ccccc2)c1N. The van der Waals surface area contributed by atoms with Crippen LogP contribution in [0.5, 0.6) is 0 Å². The van der Waals surface area contributed by atoms with E-state index in [0.29, 0.717) is 18.4 Å². The first-order valence-corrected chi connectivity index (χ1v) is 13.3. The lowest BCUT2D eigenvalue weighted by Gasteiger charge is -2.22. The number of carbonyl (C=O) groups excluding carboxylic acids is 1. The molecule has 0 saturated heterocycles. The Morgan fingerprint density at radius 2 is 1.41 bits per heavy atom. The van der Waals surface area contributed by atoms with Gasteiger partial charge in [-0.15, -0.1) is 0 Å². The van der Waals surface area contributed by atoms with Crippen LogP contribution in [0, 0.1) is 6.92 Å². The minimum atomic E-state index is -4.15. The zero-order valence-electron chi connectivity index (χ0n) is 20.4. The lowest BCUT2D eigenvalue weighted by molar-refractivity contribution is 0.0720. The van der Waals surface area contributed by atoms with Gasteiger partial charge < -0.3 is 10.8 Å². The number of anilines is 1. The minimum Gasteiger partial charge on any atom is -0.465 e. The predicted octanol–water partition coefficient (Wildman–Crippen LogP) is 5.92. The second-order valence-corrected chi connectivity index (χ2v) is 10.4. The number of phosphoric ester groups is 1. The molecular weight excluding hydrogens is 495 g/mol. The Hall–Kier alpha value is -3.49. The maximum atomic E-state index is 13.7. The maximum absolute atomic E-state index is 13.7. The summed E-state index contributed by atoms with van der Waals surface area (Å²) in [7, 11) is -4.15. The highest BCUT2D eigenvalue weighted by atomic mass is 31.2. The van der Waals surface area contributed by atoms with E-state index in [1.165, 1.54) is 6.07 Å². The average Bonchev–Trinajstić information content (AvgIpc) is 3.73. The fourth-order valence-corrected chi connectivity index (χ4v) is 4.85. The molecule has 1 fully saturated rings. The molecule has 3 aromatic rings. The number of hydrogen-bond donors (Lipinski definition) is 2. The lowest BCUT2D eigenvalue weighted by Crippen LogP contribution is -2.38. The maximum Gasteiger partial charge on any atom is 0.475 e. The van der Waals surface area contributed by atoms with Crippen LogP contribution in [0.1, 0.15) is 45.5 Å². The highest BCUT2D eigenvalue weighted by Gasteiger charge is 2.39. The van der Waals surface area contributed by atoms with Gasteiger partial charge in [-0.3, -0.25) is 18.4 Å². The summed E-state index contributed by atoms with van der Waals surface area (Å²) in [5.74, 6) is -0.703. The summed E-state index contributed by atoms with van der Waals surface area (Å²) >= 11 is 0. The lowest BCUT2D eigenvalue weighted by atomic mass is 10.0. The second-order valence-electron chi connectivity index (χ2n) is 8.75. The van der Waals surface area contributed by atoms with Crippen LogP contribution in [0.3, 0.4) is 0 Å². The van der Waals surface area contributed by atoms with Gasteiger partial charge in [0.2, 0.25) is 0 Å². The number of nitrogens with two attached hydrogens (primary N) is 1. The number of amides is 2. The van der Waals surface area contributed by atoms with Crippen LogP contribution < -0.4 is 5.73 Å². The molecule has 0 aromatic heterocycles. The van der Waals surface area contributed by atoms with E-state index >= 15 is 0 Å². The summed E-state index contributed by atoms with van der Waals surface area (Å²) in [6, 6.07) is 21.1. The van der Waals surface area contributed by atoms with Crippen molar-refractivity contribution in [3.8, 4) is 0 Å². The Bertz CT molecular complexity index is 1250. The van der Waals surface area contributed by atoms with Crippen molar-refractivity contribution in [3.63, 3.8) is 0 Å². The van der Waals surface area contributed by atoms with Crippen molar-refractivity contribution in [1.29, 1.82) is 0 Å². The molecule has 1 aliphatic carbocycles. The monoisotopic (exact) mass is 524 g/mol. The second kappa shape index (κ2) is 11.7. The summed E-state index contributed by atoms with van der Waals surface area (Å²) < 4.78 is 30.7. The first kappa shape index (κ1) is 26.6. The number of phosphoric acid groups is 1. The van der Waals surface area contributed by atoms with E-state index in [1.807, 2.05) is 60.7 Å². The molecule has 0 spiro atoms. The van der Waals surface area contributed by atoms with Crippen LogP contribution in [-0.4, -0.2) is 28.0 Å². The first-order chi connectivity index (χ1) is 17.8. The van der Waals surface area contributed by atoms with E-state index in [0.717, 1.165) is 16.0 Å². The van der Waals surface area contributed by atoms with Crippen molar-refractivity contribution in [2.24, 2.45) is 0 Å². The highest BCUT2D eigenvalue weighted by molar-refractivity contribution is 7.48.